The van der Waals surface area contributed by atoms with E-state index in [4.69, 9.17) is 4.74 Å². The molecular weight excluding hydrogens is 671 g/mol. The van der Waals surface area contributed by atoms with Gasteiger partial charge in [-0.3, -0.25) is 9.59 Å². The molecule has 0 aromatic heterocycles. The van der Waals surface area contributed by atoms with Crippen molar-refractivity contribution in [3.63, 3.8) is 0 Å². The zero-order chi connectivity index (χ0) is 39.4. The molecule has 0 rings (SSSR count). The number of hydrogen-bond donors (Lipinski definition) is 3. The van der Waals surface area contributed by atoms with Gasteiger partial charge in [-0.25, -0.2) is 0 Å². The van der Waals surface area contributed by atoms with Gasteiger partial charge in [0.15, 0.2) is 0 Å². The first kappa shape index (κ1) is 52.3. The maximum atomic E-state index is 12.3. The third-order valence-corrected chi connectivity index (χ3v) is 10.7. The number of amides is 1. The molecule has 3 N–H and O–H groups in total. The molecule has 0 aliphatic heterocycles. The van der Waals surface area contributed by atoms with Crippen LogP contribution in [0.25, 0.3) is 0 Å². The Kier molecular flexibility index (Phi) is 42.7. The van der Waals surface area contributed by atoms with E-state index in [9.17, 15) is 19.8 Å². The number of carbonyl (C=O) groups is 2. The van der Waals surface area contributed by atoms with Crippen LogP contribution in [0.15, 0.2) is 24.3 Å². The third-order valence-electron chi connectivity index (χ3n) is 10.7. The molecular formula is C48H91NO5. The summed E-state index contributed by atoms with van der Waals surface area (Å²) in [7, 11) is 0. The first-order valence-electron chi connectivity index (χ1n) is 23.6. The SMILES string of the molecule is CCCCCCCC/C=C\CCCCCCCCCCCC(=O)OCCCCCC/C=C\CCCC(=O)NC(CO)C(O)CCCCCCCCCCC. The summed E-state index contributed by atoms with van der Waals surface area (Å²) in [4.78, 5) is 24.4. The molecule has 1 amide bonds. The lowest BCUT2D eigenvalue weighted by Crippen LogP contribution is -2.45. The van der Waals surface area contributed by atoms with Gasteiger partial charge in [0, 0.05) is 12.8 Å². The molecule has 0 saturated carbocycles. The Balaban J connectivity index is 3.50. The summed E-state index contributed by atoms with van der Waals surface area (Å²) in [6.45, 7) is 4.82. The third kappa shape index (κ3) is 40.0. The minimum Gasteiger partial charge on any atom is -0.466 e. The summed E-state index contributed by atoms with van der Waals surface area (Å²) >= 11 is 0. The quantitative estimate of drug-likeness (QED) is 0.0327. The van der Waals surface area contributed by atoms with Gasteiger partial charge in [-0.2, -0.15) is 0 Å². The predicted octanol–water partition coefficient (Wildman–Crippen LogP) is 13.6. The van der Waals surface area contributed by atoms with Crippen molar-refractivity contribution < 1.29 is 24.5 Å². The van der Waals surface area contributed by atoms with E-state index in [1.807, 2.05) is 0 Å². The summed E-state index contributed by atoms with van der Waals surface area (Å²) in [6, 6.07) is -0.576. The summed E-state index contributed by atoms with van der Waals surface area (Å²) in [5.74, 6) is -0.136. The van der Waals surface area contributed by atoms with E-state index in [1.54, 1.807) is 0 Å². The Bertz CT molecular complexity index is 843. The van der Waals surface area contributed by atoms with Crippen LogP contribution in [0.4, 0.5) is 0 Å². The number of allylic oxidation sites excluding steroid dienone is 4. The molecule has 0 heterocycles. The van der Waals surface area contributed by atoms with Crippen molar-refractivity contribution in [3.8, 4) is 0 Å². The number of rotatable bonds is 43. The van der Waals surface area contributed by atoms with Crippen molar-refractivity contribution in [2.24, 2.45) is 0 Å². The average molecular weight is 762 g/mol. The topological polar surface area (TPSA) is 95.9 Å². The summed E-state index contributed by atoms with van der Waals surface area (Å²) < 4.78 is 5.44. The van der Waals surface area contributed by atoms with Gasteiger partial charge >= 0.3 is 5.97 Å². The van der Waals surface area contributed by atoms with E-state index in [1.165, 1.54) is 141 Å². The molecule has 2 atom stereocenters. The highest BCUT2D eigenvalue weighted by molar-refractivity contribution is 5.76. The Morgan fingerprint density at radius 3 is 1.35 bits per heavy atom. The van der Waals surface area contributed by atoms with Gasteiger partial charge in [-0.1, -0.05) is 186 Å². The average Bonchev–Trinajstić information content (AvgIpc) is 3.17. The molecule has 0 aliphatic carbocycles. The van der Waals surface area contributed by atoms with E-state index in [2.05, 4.69) is 43.5 Å². The van der Waals surface area contributed by atoms with E-state index < -0.39 is 12.1 Å². The minimum atomic E-state index is -0.692. The monoisotopic (exact) mass is 762 g/mol. The maximum Gasteiger partial charge on any atom is 0.305 e. The Hall–Kier alpha value is -1.66. The van der Waals surface area contributed by atoms with Crippen LogP contribution in [0, 0.1) is 0 Å². The van der Waals surface area contributed by atoms with Crippen LogP contribution in [0.3, 0.4) is 0 Å². The Morgan fingerprint density at radius 1 is 0.500 bits per heavy atom. The molecule has 0 saturated heterocycles. The second-order valence-corrected chi connectivity index (χ2v) is 16.1. The van der Waals surface area contributed by atoms with Crippen LogP contribution >= 0.6 is 0 Å². The number of aliphatic hydroxyl groups excluding tert-OH is 2. The van der Waals surface area contributed by atoms with E-state index in [0.717, 1.165) is 70.6 Å². The molecule has 0 aromatic rings. The number of aliphatic hydroxyl groups is 2. The second-order valence-electron chi connectivity index (χ2n) is 16.1. The fourth-order valence-electron chi connectivity index (χ4n) is 7.05. The summed E-state index contributed by atoms with van der Waals surface area (Å²) in [6.07, 6.45) is 50.1. The zero-order valence-electron chi connectivity index (χ0n) is 36.0. The van der Waals surface area contributed by atoms with Crippen LogP contribution in [0.5, 0.6) is 0 Å². The molecule has 0 spiro atoms. The van der Waals surface area contributed by atoms with Crippen molar-refractivity contribution in [1.29, 1.82) is 0 Å². The van der Waals surface area contributed by atoms with Gasteiger partial charge in [0.1, 0.15) is 0 Å². The lowest BCUT2D eigenvalue weighted by atomic mass is 10.0. The first-order chi connectivity index (χ1) is 26.5. The fourth-order valence-corrected chi connectivity index (χ4v) is 7.05. The highest BCUT2D eigenvalue weighted by atomic mass is 16.5. The normalized spacial score (nSPS) is 12.9. The van der Waals surface area contributed by atoms with Crippen LogP contribution in [0.1, 0.15) is 245 Å². The molecule has 0 fully saturated rings. The predicted molar refractivity (Wildman–Crippen MR) is 232 cm³/mol. The molecule has 6 heteroatoms. The van der Waals surface area contributed by atoms with Gasteiger partial charge in [0.25, 0.3) is 0 Å². The zero-order valence-corrected chi connectivity index (χ0v) is 36.0. The van der Waals surface area contributed by atoms with E-state index >= 15 is 0 Å². The van der Waals surface area contributed by atoms with Crippen LogP contribution < -0.4 is 5.32 Å². The smallest absolute Gasteiger partial charge is 0.305 e. The van der Waals surface area contributed by atoms with E-state index in [0.29, 0.717) is 25.9 Å². The van der Waals surface area contributed by atoms with Crippen molar-refractivity contribution in [2.45, 2.75) is 257 Å². The molecule has 54 heavy (non-hydrogen) atoms. The van der Waals surface area contributed by atoms with Crippen LogP contribution in [0.2, 0.25) is 0 Å². The fraction of sp³-hybridized carbons (Fsp3) is 0.875. The molecule has 0 aliphatic rings. The molecule has 6 nitrogen and oxygen atoms in total. The number of ether oxygens (including phenoxy) is 1. The minimum absolute atomic E-state index is 0.0372. The maximum absolute atomic E-state index is 12.3. The molecule has 0 bridgehead atoms. The van der Waals surface area contributed by atoms with Crippen LogP contribution in [-0.2, 0) is 14.3 Å². The molecule has 0 radical (unpaired) electrons. The lowest BCUT2D eigenvalue weighted by Gasteiger charge is -2.22. The largest absolute Gasteiger partial charge is 0.466 e. The highest BCUT2D eigenvalue weighted by Crippen LogP contribution is 2.15. The van der Waals surface area contributed by atoms with Gasteiger partial charge in [-0.05, 0) is 70.6 Å². The lowest BCUT2D eigenvalue weighted by molar-refractivity contribution is -0.143. The summed E-state index contributed by atoms with van der Waals surface area (Å²) in [5.41, 5.74) is 0. The molecule has 2 unspecified atom stereocenters. The highest BCUT2D eigenvalue weighted by Gasteiger charge is 2.19. The van der Waals surface area contributed by atoms with Crippen LogP contribution in [-0.4, -0.2) is 47.4 Å². The van der Waals surface area contributed by atoms with Gasteiger partial charge < -0.3 is 20.3 Å². The van der Waals surface area contributed by atoms with Crippen molar-refractivity contribution in [2.75, 3.05) is 13.2 Å². The molecule has 318 valence electrons. The Morgan fingerprint density at radius 2 is 0.889 bits per heavy atom. The molecule has 0 aromatic carbocycles. The second kappa shape index (κ2) is 44.1. The number of unbranched alkanes of at least 4 members (excludes halogenated alkanes) is 28. The Labute approximate surface area is 335 Å². The van der Waals surface area contributed by atoms with Gasteiger partial charge in [0.05, 0.1) is 25.4 Å². The number of carbonyl (C=O) groups excluding carboxylic acids is 2. The number of nitrogens with one attached hydrogen (secondary N) is 1. The number of hydrogen-bond acceptors (Lipinski definition) is 5. The van der Waals surface area contributed by atoms with E-state index in [-0.39, 0.29) is 18.5 Å². The number of esters is 1. The van der Waals surface area contributed by atoms with Gasteiger partial charge in [-0.15, -0.1) is 0 Å². The first-order valence-corrected chi connectivity index (χ1v) is 23.6. The van der Waals surface area contributed by atoms with Crippen molar-refractivity contribution in [1.82, 2.24) is 5.32 Å². The summed E-state index contributed by atoms with van der Waals surface area (Å²) in [5, 5.41) is 23.0. The van der Waals surface area contributed by atoms with Crippen molar-refractivity contribution >= 4 is 11.9 Å². The van der Waals surface area contributed by atoms with Gasteiger partial charge in [0.2, 0.25) is 5.91 Å². The van der Waals surface area contributed by atoms with Crippen molar-refractivity contribution in [3.05, 3.63) is 24.3 Å². The standard InChI is InChI=1S/C48H91NO5/c1-3-5-7-9-11-13-14-15-16-17-18-19-20-21-22-26-30-34-38-42-48(53)54-43-39-35-31-27-23-25-29-33-37-41-47(52)49-45(44-50)46(51)40-36-32-28-24-12-10-8-6-4-2/h15-16,25,29,45-46,50-51H,3-14,17-24,26-28,30-44H2,1-2H3,(H,49,52)/b16-15-,29-25-.